The third-order valence-electron chi connectivity index (χ3n) is 5.75. The largest absolute Gasteiger partial charge is 0.416 e. The molecular weight excluding hydrogens is 445 g/mol. The molecule has 0 radical (unpaired) electrons. The summed E-state index contributed by atoms with van der Waals surface area (Å²) in [6.07, 6.45) is -1.53. The van der Waals surface area contributed by atoms with Crippen LogP contribution in [-0.2, 0) is 15.8 Å². The Morgan fingerprint density at radius 1 is 1.06 bits per heavy atom. The number of halogens is 4. The molecule has 2 atom stereocenters. The molecule has 0 spiro atoms. The van der Waals surface area contributed by atoms with E-state index in [1.807, 2.05) is 13.0 Å². The Morgan fingerprint density at radius 2 is 1.72 bits per heavy atom. The smallest absolute Gasteiger partial charge is 0.321 e. The number of nitrogens with one attached hydrogen (secondary N) is 1. The van der Waals surface area contributed by atoms with Gasteiger partial charge in [-0.3, -0.25) is 19.3 Å². The minimum atomic E-state index is -4.58. The van der Waals surface area contributed by atoms with Gasteiger partial charge in [-0.25, -0.2) is 0 Å². The van der Waals surface area contributed by atoms with E-state index in [0.29, 0.717) is 18.5 Å². The van der Waals surface area contributed by atoms with E-state index >= 15 is 0 Å². The lowest BCUT2D eigenvalue weighted by molar-refractivity contribution is -0.137. The fourth-order valence-electron chi connectivity index (χ4n) is 4.05. The van der Waals surface area contributed by atoms with E-state index in [1.54, 1.807) is 0 Å². The van der Waals surface area contributed by atoms with Crippen LogP contribution in [0.5, 0.6) is 0 Å². The molecule has 0 saturated carbocycles. The zero-order valence-electron chi connectivity index (χ0n) is 16.9. The summed E-state index contributed by atoms with van der Waals surface area (Å²) in [6, 6.07) is 8.38. The average Bonchev–Trinajstić information content (AvgIpc) is 2.98. The molecule has 4 rings (SSSR count). The van der Waals surface area contributed by atoms with Gasteiger partial charge < -0.3 is 5.32 Å². The number of alkyl halides is 3. The molecular formula is C23H18ClF3N2O3. The summed E-state index contributed by atoms with van der Waals surface area (Å²) >= 11 is 5.92. The molecule has 2 aromatic rings. The highest BCUT2D eigenvalue weighted by Gasteiger charge is 2.48. The average molecular weight is 463 g/mol. The van der Waals surface area contributed by atoms with E-state index < -0.39 is 17.6 Å². The van der Waals surface area contributed by atoms with Crippen LogP contribution in [0.2, 0.25) is 5.02 Å². The first kappa shape index (κ1) is 22.1. The van der Waals surface area contributed by atoms with Crippen molar-refractivity contribution in [2.24, 2.45) is 11.8 Å². The van der Waals surface area contributed by atoms with Gasteiger partial charge in [-0.15, -0.1) is 0 Å². The maximum absolute atomic E-state index is 12.9. The van der Waals surface area contributed by atoms with Gasteiger partial charge in [-0.05, 0) is 62.2 Å². The molecule has 32 heavy (non-hydrogen) atoms. The van der Waals surface area contributed by atoms with Crippen molar-refractivity contribution in [3.8, 4) is 0 Å². The van der Waals surface area contributed by atoms with Crippen LogP contribution in [0.15, 0.2) is 54.1 Å². The summed E-state index contributed by atoms with van der Waals surface area (Å²) in [5.74, 6) is -1.96. The first-order chi connectivity index (χ1) is 15.1. The van der Waals surface area contributed by atoms with Crippen molar-refractivity contribution in [1.82, 2.24) is 0 Å². The molecule has 3 amide bonds. The van der Waals surface area contributed by atoms with Crippen molar-refractivity contribution < 1.29 is 27.6 Å². The molecule has 2 aliphatic rings. The molecule has 0 aromatic heterocycles. The van der Waals surface area contributed by atoms with Crippen LogP contribution < -0.4 is 10.2 Å². The second-order valence-electron chi connectivity index (χ2n) is 7.91. The summed E-state index contributed by atoms with van der Waals surface area (Å²) in [5.41, 5.74) is 0.448. The van der Waals surface area contributed by atoms with E-state index in [4.69, 9.17) is 11.6 Å². The number of benzene rings is 2. The monoisotopic (exact) mass is 462 g/mol. The number of rotatable bonds is 3. The molecule has 1 saturated heterocycles. The highest BCUT2D eigenvalue weighted by Crippen LogP contribution is 2.40. The Balaban J connectivity index is 1.52. The molecule has 5 nitrogen and oxygen atoms in total. The van der Waals surface area contributed by atoms with Gasteiger partial charge in [0, 0.05) is 5.56 Å². The first-order valence-corrected chi connectivity index (χ1v) is 10.3. The fraction of sp³-hybridized carbons (Fsp3) is 0.261. The normalized spacial score (nSPS) is 20.8. The van der Waals surface area contributed by atoms with Gasteiger partial charge in [0.2, 0.25) is 11.8 Å². The molecule has 166 valence electrons. The Labute approximate surface area is 186 Å². The van der Waals surface area contributed by atoms with Gasteiger partial charge in [0.25, 0.3) is 5.91 Å². The Bertz CT molecular complexity index is 1140. The van der Waals surface area contributed by atoms with Crippen LogP contribution in [0, 0.1) is 11.8 Å². The molecule has 9 heteroatoms. The minimum absolute atomic E-state index is 0.0391. The number of amides is 3. The topological polar surface area (TPSA) is 66.5 Å². The Hall–Kier alpha value is -3.13. The van der Waals surface area contributed by atoms with Crippen LogP contribution in [-0.4, -0.2) is 17.7 Å². The van der Waals surface area contributed by atoms with Gasteiger partial charge in [-0.1, -0.05) is 23.3 Å². The van der Waals surface area contributed by atoms with Crippen molar-refractivity contribution in [3.63, 3.8) is 0 Å². The molecule has 0 unspecified atom stereocenters. The van der Waals surface area contributed by atoms with Crippen molar-refractivity contribution in [2.45, 2.75) is 25.9 Å². The number of anilines is 2. The lowest BCUT2D eigenvalue weighted by atomic mass is 9.82. The number of carbonyl (C=O) groups is 3. The Morgan fingerprint density at radius 3 is 2.38 bits per heavy atom. The maximum atomic E-state index is 12.9. The SMILES string of the molecule is CC1=CC[C@H]2C(=O)N(c3ccc(C(=O)Nc4cc(C(F)(F)F)ccc4Cl)cc3)C(=O)[C@H]2C1. The molecule has 1 aliphatic carbocycles. The van der Waals surface area contributed by atoms with Crippen molar-refractivity contribution >= 4 is 40.7 Å². The molecule has 1 N–H and O–H groups in total. The number of hydrogen-bond acceptors (Lipinski definition) is 3. The van der Waals surface area contributed by atoms with Crippen LogP contribution in [0.25, 0.3) is 0 Å². The highest BCUT2D eigenvalue weighted by atomic mass is 35.5. The highest BCUT2D eigenvalue weighted by molar-refractivity contribution is 6.34. The van der Waals surface area contributed by atoms with Crippen LogP contribution in [0.4, 0.5) is 24.5 Å². The lowest BCUT2D eigenvalue weighted by Gasteiger charge is -2.18. The quantitative estimate of drug-likeness (QED) is 0.486. The molecule has 1 heterocycles. The zero-order chi connectivity index (χ0) is 23.2. The standard InChI is InChI=1S/C23H18ClF3N2O3/c1-12-2-8-16-17(10-12)22(32)29(21(16)31)15-6-3-13(4-7-15)20(30)28-19-11-14(23(25,26)27)5-9-18(19)24/h2-7,9,11,16-17H,8,10H2,1H3,(H,28,30)/t16-,17+/m1/s1. The predicted octanol–water partition coefficient (Wildman–Crippen LogP) is 5.46. The summed E-state index contributed by atoms with van der Waals surface area (Å²) in [5, 5.41) is 2.33. The molecule has 1 aliphatic heterocycles. The number of fused-ring (bicyclic) bond motifs is 1. The van der Waals surface area contributed by atoms with E-state index in [-0.39, 0.29) is 39.9 Å². The number of nitrogens with zero attached hydrogens (tertiary/aromatic N) is 1. The lowest BCUT2D eigenvalue weighted by Crippen LogP contribution is -2.30. The maximum Gasteiger partial charge on any atom is 0.416 e. The third kappa shape index (κ3) is 4.02. The van der Waals surface area contributed by atoms with Crippen molar-refractivity contribution in [1.29, 1.82) is 0 Å². The van der Waals surface area contributed by atoms with Gasteiger partial charge in [0.15, 0.2) is 0 Å². The first-order valence-electron chi connectivity index (χ1n) is 9.88. The number of hydrogen-bond donors (Lipinski definition) is 1. The van der Waals surface area contributed by atoms with Crippen LogP contribution in [0.3, 0.4) is 0 Å². The van der Waals surface area contributed by atoms with E-state index in [2.05, 4.69) is 5.32 Å². The van der Waals surface area contributed by atoms with Crippen LogP contribution >= 0.6 is 11.6 Å². The summed E-state index contributed by atoms with van der Waals surface area (Å²) in [4.78, 5) is 39.2. The number of imide groups is 1. The predicted molar refractivity (Wildman–Crippen MR) is 113 cm³/mol. The number of allylic oxidation sites excluding steroid dienone is 2. The van der Waals surface area contributed by atoms with Gasteiger partial charge in [0.1, 0.15) is 0 Å². The molecule has 0 bridgehead atoms. The zero-order valence-corrected chi connectivity index (χ0v) is 17.6. The van der Waals surface area contributed by atoms with Gasteiger partial charge in [0.05, 0.1) is 33.8 Å². The molecule has 1 fully saturated rings. The Kier molecular flexibility index (Phi) is 5.58. The third-order valence-corrected chi connectivity index (χ3v) is 6.08. The number of carbonyl (C=O) groups excluding carboxylic acids is 3. The summed E-state index contributed by atoms with van der Waals surface area (Å²) < 4.78 is 38.8. The molecule has 2 aromatic carbocycles. The van der Waals surface area contributed by atoms with E-state index in [1.165, 1.54) is 24.3 Å². The van der Waals surface area contributed by atoms with E-state index in [9.17, 15) is 27.6 Å². The van der Waals surface area contributed by atoms with Gasteiger partial charge in [-0.2, -0.15) is 13.2 Å². The summed E-state index contributed by atoms with van der Waals surface area (Å²) in [6.45, 7) is 1.93. The van der Waals surface area contributed by atoms with Crippen molar-refractivity contribution in [2.75, 3.05) is 10.2 Å². The minimum Gasteiger partial charge on any atom is -0.321 e. The van der Waals surface area contributed by atoms with Crippen LogP contribution in [0.1, 0.15) is 35.7 Å². The van der Waals surface area contributed by atoms with E-state index in [0.717, 1.165) is 28.7 Å². The van der Waals surface area contributed by atoms with Crippen molar-refractivity contribution in [3.05, 3.63) is 70.3 Å². The van der Waals surface area contributed by atoms with Gasteiger partial charge >= 0.3 is 6.18 Å². The summed E-state index contributed by atoms with van der Waals surface area (Å²) in [7, 11) is 0. The second-order valence-corrected chi connectivity index (χ2v) is 8.32. The fourth-order valence-corrected chi connectivity index (χ4v) is 4.21. The second kappa shape index (κ2) is 8.09.